The molecule has 0 atom stereocenters. The smallest absolute Gasteiger partial charge is 0.269 e. The third kappa shape index (κ3) is 6.08. The van der Waals surface area contributed by atoms with E-state index < -0.39 is 4.92 Å². The van der Waals surface area contributed by atoms with Gasteiger partial charge in [-0.15, -0.1) is 0 Å². The zero-order valence-corrected chi connectivity index (χ0v) is 15.1. The lowest BCUT2D eigenvalue weighted by Gasteiger charge is -2.13. The number of rotatable bonds is 9. The van der Waals surface area contributed by atoms with Crippen molar-refractivity contribution < 1.29 is 9.72 Å². The van der Waals surface area contributed by atoms with Crippen LogP contribution in [-0.4, -0.2) is 31.5 Å². The van der Waals surface area contributed by atoms with Gasteiger partial charge in [-0.25, -0.2) is 0 Å². The Morgan fingerprint density at radius 2 is 1.73 bits per heavy atom. The molecular formula is C19H24N4O3. The minimum absolute atomic E-state index is 0.00665. The van der Waals surface area contributed by atoms with Crippen molar-refractivity contribution in [1.82, 2.24) is 5.32 Å². The lowest BCUT2D eigenvalue weighted by molar-refractivity contribution is -0.384. The maximum Gasteiger partial charge on any atom is 0.269 e. The predicted octanol–water partition coefficient (Wildman–Crippen LogP) is 3.17. The number of hydrogen-bond acceptors (Lipinski definition) is 5. The van der Waals surface area contributed by atoms with E-state index in [2.05, 4.69) is 10.6 Å². The molecule has 1 amide bonds. The van der Waals surface area contributed by atoms with Crippen molar-refractivity contribution in [2.75, 3.05) is 30.9 Å². The van der Waals surface area contributed by atoms with Gasteiger partial charge in [0.2, 0.25) is 5.91 Å². The standard InChI is InChI=1S/C19H24N4O3/c1-22(2)17-9-5-15(6-10-17)14-21-19(24)4-3-13-20-16-7-11-18(12-8-16)23(25)26/h5-12,20H,3-4,13-14H2,1-2H3,(H,21,24). The molecule has 2 aromatic rings. The summed E-state index contributed by atoms with van der Waals surface area (Å²) in [5, 5.41) is 16.7. The number of nitrogens with one attached hydrogen (secondary N) is 2. The van der Waals surface area contributed by atoms with E-state index in [0.29, 0.717) is 25.9 Å². The normalized spacial score (nSPS) is 10.2. The van der Waals surface area contributed by atoms with Crippen molar-refractivity contribution in [3.63, 3.8) is 0 Å². The van der Waals surface area contributed by atoms with E-state index in [1.165, 1.54) is 12.1 Å². The van der Waals surface area contributed by atoms with Crippen LogP contribution in [0.5, 0.6) is 0 Å². The van der Waals surface area contributed by atoms with E-state index in [9.17, 15) is 14.9 Å². The number of non-ortho nitro benzene ring substituents is 1. The van der Waals surface area contributed by atoms with Crippen LogP contribution in [0.3, 0.4) is 0 Å². The number of carbonyl (C=O) groups is 1. The fraction of sp³-hybridized carbons (Fsp3) is 0.316. The molecule has 0 unspecified atom stereocenters. The van der Waals surface area contributed by atoms with Gasteiger partial charge < -0.3 is 15.5 Å². The summed E-state index contributed by atoms with van der Waals surface area (Å²) in [4.78, 5) is 24.1. The van der Waals surface area contributed by atoms with Crippen molar-refractivity contribution in [3.8, 4) is 0 Å². The number of nitro groups is 1. The summed E-state index contributed by atoms with van der Waals surface area (Å²) < 4.78 is 0. The molecule has 0 saturated carbocycles. The zero-order chi connectivity index (χ0) is 18.9. The number of nitro benzene ring substituents is 1. The van der Waals surface area contributed by atoms with Crippen LogP contribution >= 0.6 is 0 Å². The zero-order valence-electron chi connectivity index (χ0n) is 15.1. The summed E-state index contributed by atoms with van der Waals surface area (Å²) >= 11 is 0. The van der Waals surface area contributed by atoms with Crippen LogP contribution in [0.2, 0.25) is 0 Å². The molecule has 0 aliphatic heterocycles. The van der Waals surface area contributed by atoms with Crippen molar-refractivity contribution in [2.24, 2.45) is 0 Å². The maximum absolute atomic E-state index is 11.9. The van der Waals surface area contributed by atoms with Gasteiger partial charge in [0.15, 0.2) is 0 Å². The van der Waals surface area contributed by atoms with Gasteiger partial charge in [0.05, 0.1) is 4.92 Å². The largest absolute Gasteiger partial charge is 0.385 e. The van der Waals surface area contributed by atoms with Gasteiger partial charge in [0, 0.05) is 57.1 Å². The van der Waals surface area contributed by atoms with Gasteiger partial charge in [-0.05, 0) is 36.2 Å². The number of benzene rings is 2. The first-order valence-corrected chi connectivity index (χ1v) is 8.47. The van der Waals surface area contributed by atoms with E-state index in [-0.39, 0.29) is 11.6 Å². The van der Waals surface area contributed by atoms with Crippen molar-refractivity contribution in [3.05, 3.63) is 64.2 Å². The maximum atomic E-state index is 11.9. The summed E-state index contributed by atoms with van der Waals surface area (Å²) in [7, 11) is 3.98. The Bertz CT molecular complexity index is 727. The molecule has 0 spiro atoms. The molecule has 2 N–H and O–H groups in total. The van der Waals surface area contributed by atoms with E-state index in [1.54, 1.807) is 12.1 Å². The lowest BCUT2D eigenvalue weighted by Crippen LogP contribution is -2.23. The van der Waals surface area contributed by atoms with Crippen LogP contribution in [0.4, 0.5) is 17.1 Å². The first-order chi connectivity index (χ1) is 12.5. The van der Waals surface area contributed by atoms with E-state index in [4.69, 9.17) is 0 Å². The number of anilines is 2. The van der Waals surface area contributed by atoms with Crippen LogP contribution in [-0.2, 0) is 11.3 Å². The van der Waals surface area contributed by atoms with E-state index in [1.807, 2.05) is 43.3 Å². The molecule has 2 aromatic carbocycles. The SMILES string of the molecule is CN(C)c1ccc(CNC(=O)CCCNc2ccc([N+](=O)[O-])cc2)cc1. The molecule has 0 radical (unpaired) electrons. The number of hydrogen-bond donors (Lipinski definition) is 2. The highest BCUT2D eigenvalue weighted by Crippen LogP contribution is 2.15. The van der Waals surface area contributed by atoms with Gasteiger partial charge in [-0.1, -0.05) is 12.1 Å². The molecule has 0 aliphatic carbocycles. The van der Waals surface area contributed by atoms with Crippen LogP contribution in [0, 0.1) is 10.1 Å². The molecule has 138 valence electrons. The average molecular weight is 356 g/mol. The van der Waals surface area contributed by atoms with Gasteiger partial charge in [0.1, 0.15) is 0 Å². The van der Waals surface area contributed by atoms with Gasteiger partial charge >= 0.3 is 0 Å². The number of carbonyl (C=O) groups excluding carboxylic acids is 1. The Balaban J connectivity index is 1.65. The van der Waals surface area contributed by atoms with E-state index >= 15 is 0 Å². The van der Waals surface area contributed by atoms with Gasteiger partial charge in [-0.2, -0.15) is 0 Å². The fourth-order valence-electron chi connectivity index (χ4n) is 2.38. The molecule has 0 bridgehead atoms. The number of nitrogens with zero attached hydrogens (tertiary/aromatic N) is 2. The molecule has 2 rings (SSSR count). The first-order valence-electron chi connectivity index (χ1n) is 8.47. The summed E-state index contributed by atoms with van der Waals surface area (Å²) in [6.07, 6.45) is 1.11. The Labute approximate surface area is 153 Å². The summed E-state index contributed by atoms with van der Waals surface area (Å²) in [6, 6.07) is 14.3. The molecular weight excluding hydrogens is 332 g/mol. The van der Waals surface area contributed by atoms with Crippen LogP contribution in [0.25, 0.3) is 0 Å². The van der Waals surface area contributed by atoms with E-state index in [0.717, 1.165) is 16.9 Å². The highest BCUT2D eigenvalue weighted by molar-refractivity contribution is 5.75. The Morgan fingerprint density at radius 3 is 2.31 bits per heavy atom. The van der Waals surface area contributed by atoms with Gasteiger partial charge in [0.25, 0.3) is 5.69 Å². The molecule has 0 aliphatic rings. The fourth-order valence-corrected chi connectivity index (χ4v) is 2.38. The minimum Gasteiger partial charge on any atom is -0.385 e. The number of amides is 1. The quantitative estimate of drug-likeness (QED) is 0.409. The van der Waals surface area contributed by atoms with Crippen molar-refractivity contribution in [1.29, 1.82) is 0 Å². The second kappa shape index (κ2) is 9.41. The molecule has 0 heterocycles. The van der Waals surface area contributed by atoms with Crippen molar-refractivity contribution >= 4 is 23.0 Å². The second-order valence-electron chi connectivity index (χ2n) is 6.17. The monoisotopic (exact) mass is 356 g/mol. The second-order valence-corrected chi connectivity index (χ2v) is 6.17. The molecule has 7 nitrogen and oxygen atoms in total. The Hall–Kier alpha value is -3.09. The minimum atomic E-state index is -0.428. The van der Waals surface area contributed by atoms with Crippen LogP contribution < -0.4 is 15.5 Å². The Morgan fingerprint density at radius 1 is 1.08 bits per heavy atom. The molecule has 0 fully saturated rings. The lowest BCUT2D eigenvalue weighted by atomic mass is 10.2. The third-order valence-corrected chi connectivity index (χ3v) is 3.93. The molecule has 0 saturated heterocycles. The average Bonchev–Trinajstić information content (AvgIpc) is 2.64. The highest BCUT2D eigenvalue weighted by atomic mass is 16.6. The highest BCUT2D eigenvalue weighted by Gasteiger charge is 2.04. The Kier molecular flexibility index (Phi) is 6.96. The molecule has 26 heavy (non-hydrogen) atoms. The summed E-state index contributed by atoms with van der Waals surface area (Å²) in [6.45, 7) is 1.14. The first kappa shape index (κ1) is 19.2. The van der Waals surface area contributed by atoms with Crippen molar-refractivity contribution in [2.45, 2.75) is 19.4 Å². The summed E-state index contributed by atoms with van der Waals surface area (Å²) in [5.74, 6) is 0.00665. The third-order valence-electron chi connectivity index (χ3n) is 3.93. The summed E-state index contributed by atoms with van der Waals surface area (Å²) in [5.41, 5.74) is 3.05. The predicted molar refractivity (Wildman–Crippen MR) is 103 cm³/mol. The van der Waals surface area contributed by atoms with Crippen LogP contribution in [0.1, 0.15) is 18.4 Å². The molecule has 0 aromatic heterocycles. The molecule has 7 heteroatoms. The van der Waals surface area contributed by atoms with Crippen LogP contribution in [0.15, 0.2) is 48.5 Å². The van der Waals surface area contributed by atoms with Gasteiger partial charge in [-0.3, -0.25) is 14.9 Å². The topological polar surface area (TPSA) is 87.5 Å².